The average Bonchev–Trinajstić information content (AvgIpc) is 2.55. The zero-order chi connectivity index (χ0) is 16.7. The van der Waals surface area contributed by atoms with Crippen LogP contribution in [0, 0.1) is 0 Å². The number of carbonyl (C=O) groups excluding carboxylic acids is 1. The Morgan fingerprint density at radius 1 is 1.39 bits per heavy atom. The molecule has 0 aromatic heterocycles. The van der Waals surface area contributed by atoms with Crippen molar-refractivity contribution in [2.45, 2.75) is 0 Å². The molecule has 1 N–H and O–H groups in total. The molecule has 1 amide bonds. The lowest BCUT2D eigenvalue weighted by molar-refractivity contribution is -0.123. The molecule has 0 spiro atoms. The maximum atomic E-state index is 11.8. The van der Waals surface area contributed by atoms with Crippen molar-refractivity contribution in [3.63, 3.8) is 0 Å². The molecule has 0 bridgehead atoms. The highest BCUT2D eigenvalue weighted by molar-refractivity contribution is 9.10. The number of rotatable bonds is 6. The van der Waals surface area contributed by atoms with Crippen molar-refractivity contribution in [1.29, 1.82) is 0 Å². The van der Waals surface area contributed by atoms with E-state index < -0.39 is 0 Å². The molecule has 1 aromatic rings. The van der Waals surface area contributed by atoms with E-state index in [0.717, 1.165) is 23.1 Å². The van der Waals surface area contributed by atoms with Crippen LogP contribution in [0.15, 0.2) is 21.7 Å². The van der Waals surface area contributed by atoms with Gasteiger partial charge in [0.1, 0.15) is 0 Å². The lowest BCUT2D eigenvalue weighted by Crippen LogP contribution is -2.42. The van der Waals surface area contributed by atoms with E-state index in [9.17, 15) is 4.79 Å². The first-order valence-corrected chi connectivity index (χ1v) is 7.97. The van der Waals surface area contributed by atoms with Gasteiger partial charge in [0.15, 0.2) is 11.5 Å². The lowest BCUT2D eigenvalue weighted by atomic mass is 10.2. The van der Waals surface area contributed by atoms with Crippen molar-refractivity contribution in [3.8, 4) is 11.5 Å². The molecule has 23 heavy (non-hydrogen) atoms. The number of nitrogens with one attached hydrogen (secondary N) is 1. The maximum absolute atomic E-state index is 11.8. The van der Waals surface area contributed by atoms with Gasteiger partial charge < -0.3 is 14.2 Å². The topological polar surface area (TPSA) is 72.4 Å². The minimum atomic E-state index is -0.150. The molecule has 1 aliphatic heterocycles. The van der Waals surface area contributed by atoms with Crippen LogP contribution >= 0.6 is 15.9 Å². The molecule has 2 rings (SSSR count). The van der Waals surface area contributed by atoms with E-state index in [1.807, 2.05) is 11.0 Å². The second-order valence-electron chi connectivity index (χ2n) is 4.92. The number of ether oxygens (including phenoxy) is 3. The van der Waals surface area contributed by atoms with Crippen LogP contribution in [-0.2, 0) is 9.53 Å². The van der Waals surface area contributed by atoms with Crippen molar-refractivity contribution >= 4 is 28.1 Å². The third-order valence-corrected chi connectivity index (χ3v) is 3.92. The Bertz CT molecular complexity index is 574. The number of hydrazone groups is 1. The van der Waals surface area contributed by atoms with Crippen LogP contribution in [0.3, 0.4) is 0 Å². The normalized spacial score (nSPS) is 15.6. The van der Waals surface area contributed by atoms with E-state index in [1.54, 1.807) is 26.5 Å². The number of amides is 1. The zero-order valence-corrected chi connectivity index (χ0v) is 14.8. The first kappa shape index (κ1) is 17.7. The summed E-state index contributed by atoms with van der Waals surface area (Å²) in [5, 5.41) is 3.98. The molecule has 1 aliphatic rings. The molecular formula is C15H20BrN3O4. The van der Waals surface area contributed by atoms with E-state index >= 15 is 0 Å². The molecule has 0 aliphatic carbocycles. The summed E-state index contributed by atoms with van der Waals surface area (Å²) in [4.78, 5) is 13.9. The lowest BCUT2D eigenvalue weighted by Gasteiger charge is -2.25. The second-order valence-corrected chi connectivity index (χ2v) is 5.77. The molecular weight excluding hydrogens is 366 g/mol. The Kier molecular flexibility index (Phi) is 6.82. The van der Waals surface area contributed by atoms with Gasteiger partial charge >= 0.3 is 0 Å². The van der Waals surface area contributed by atoms with Crippen LogP contribution < -0.4 is 14.9 Å². The highest BCUT2D eigenvalue weighted by atomic mass is 79.9. The van der Waals surface area contributed by atoms with Crippen LogP contribution in [0.2, 0.25) is 0 Å². The summed E-state index contributed by atoms with van der Waals surface area (Å²) in [6.45, 7) is 3.17. The van der Waals surface area contributed by atoms with E-state index in [-0.39, 0.29) is 5.91 Å². The maximum Gasteiger partial charge on any atom is 0.254 e. The summed E-state index contributed by atoms with van der Waals surface area (Å²) >= 11 is 3.41. The standard InChI is InChI=1S/C15H20BrN3O4/c1-21-13-8-11(7-12(16)15(13)22-2)9-17-18-14(20)10-19-3-5-23-6-4-19/h7-9H,3-6,10H2,1-2H3,(H,18,20)/b17-9-. The Balaban J connectivity index is 1.92. The van der Waals surface area contributed by atoms with E-state index in [4.69, 9.17) is 14.2 Å². The summed E-state index contributed by atoms with van der Waals surface area (Å²) in [6, 6.07) is 3.61. The van der Waals surface area contributed by atoms with E-state index in [1.165, 1.54) is 0 Å². The minimum absolute atomic E-state index is 0.150. The van der Waals surface area contributed by atoms with Gasteiger partial charge in [-0.15, -0.1) is 0 Å². The summed E-state index contributed by atoms with van der Waals surface area (Å²) in [5.74, 6) is 1.05. The fourth-order valence-corrected chi connectivity index (χ4v) is 2.81. The Hall–Kier alpha value is -1.64. The number of nitrogens with zero attached hydrogens (tertiary/aromatic N) is 2. The van der Waals surface area contributed by atoms with Crippen molar-refractivity contribution in [2.24, 2.45) is 5.10 Å². The Morgan fingerprint density at radius 3 is 2.78 bits per heavy atom. The van der Waals surface area contributed by atoms with Crippen LogP contribution in [0.4, 0.5) is 0 Å². The smallest absolute Gasteiger partial charge is 0.254 e. The minimum Gasteiger partial charge on any atom is -0.493 e. The molecule has 1 heterocycles. The fraction of sp³-hybridized carbons (Fsp3) is 0.467. The first-order chi connectivity index (χ1) is 11.1. The first-order valence-electron chi connectivity index (χ1n) is 7.17. The Morgan fingerprint density at radius 2 is 2.13 bits per heavy atom. The SMILES string of the molecule is COc1cc(/C=N\NC(=O)CN2CCOCC2)cc(Br)c1OC. The summed E-state index contributed by atoms with van der Waals surface area (Å²) in [5.41, 5.74) is 3.30. The quantitative estimate of drug-likeness (QED) is 0.589. The summed E-state index contributed by atoms with van der Waals surface area (Å²) in [6.07, 6.45) is 1.56. The van der Waals surface area contributed by atoms with Crippen molar-refractivity contribution in [1.82, 2.24) is 10.3 Å². The van der Waals surface area contributed by atoms with E-state index in [0.29, 0.717) is 31.3 Å². The van der Waals surface area contributed by atoms with Gasteiger partial charge in [0.05, 0.1) is 44.7 Å². The van der Waals surface area contributed by atoms with Crippen LogP contribution in [0.1, 0.15) is 5.56 Å². The molecule has 1 fully saturated rings. The summed E-state index contributed by atoms with van der Waals surface area (Å²) in [7, 11) is 3.14. The molecule has 0 saturated carbocycles. The van der Waals surface area contributed by atoms with Gasteiger partial charge in [-0.05, 0) is 33.6 Å². The number of benzene rings is 1. The van der Waals surface area contributed by atoms with Gasteiger partial charge in [0, 0.05) is 13.1 Å². The van der Waals surface area contributed by atoms with Crippen molar-refractivity contribution in [2.75, 3.05) is 47.1 Å². The Labute approximate surface area is 143 Å². The van der Waals surface area contributed by atoms with Gasteiger partial charge in [-0.3, -0.25) is 9.69 Å². The number of hydrogen-bond donors (Lipinski definition) is 1. The monoisotopic (exact) mass is 385 g/mol. The van der Waals surface area contributed by atoms with Gasteiger partial charge in [-0.2, -0.15) is 5.10 Å². The average molecular weight is 386 g/mol. The van der Waals surface area contributed by atoms with E-state index in [2.05, 4.69) is 26.5 Å². The molecule has 126 valence electrons. The van der Waals surface area contributed by atoms with Crippen LogP contribution in [-0.4, -0.2) is 64.1 Å². The van der Waals surface area contributed by atoms with Crippen molar-refractivity contribution < 1.29 is 19.0 Å². The predicted octanol–water partition coefficient (Wildman–Crippen LogP) is 1.25. The molecule has 0 atom stereocenters. The van der Waals surface area contributed by atoms with Gasteiger partial charge in [-0.1, -0.05) is 0 Å². The summed E-state index contributed by atoms with van der Waals surface area (Å²) < 4.78 is 16.5. The number of halogens is 1. The molecule has 0 unspecified atom stereocenters. The number of hydrogen-bond acceptors (Lipinski definition) is 6. The van der Waals surface area contributed by atoms with Gasteiger partial charge in [0.25, 0.3) is 5.91 Å². The fourth-order valence-electron chi connectivity index (χ4n) is 2.19. The molecule has 8 heteroatoms. The van der Waals surface area contributed by atoms with Crippen molar-refractivity contribution in [3.05, 3.63) is 22.2 Å². The third-order valence-electron chi connectivity index (χ3n) is 3.33. The molecule has 7 nitrogen and oxygen atoms in total. The highest BCUT2D eigenvalue weighted by Crippen LogP contribution is 2.35. The molecule has 0 radical (unpaired) electrons. The molecule has 1 saturated heterocycles. The zero-order valence-electron chi connectivity index (χ0n) is 13.2. The highest BCUT2D eigenvalue weighted by Gasteiger charge is 2.13. The second kappa shape index (κ2) is 8.85. The van der Waals surface area contributed by atoms with Gasteiger partial charge in [0.2, 0.25) is 0 Å². The molecule has 1 aromatic carbocycles. The predicted molar refractivity (Wildman–Crippen MR) is 90.2 cm³/mol. The van der Waals surface area contributed by atoms with Crippen LogP contribution in [0.5, 0.6) is 11.5 Å². The third kappa shape index (κ3) is 5.19. The largest absolute Gasteiger partial charge is 0.493 e. The number of methoxy groups -OCH3 is 2. The van der Waals surface area contributed by atoms with Crippen LogP contribution in [0.25, 0.3) is 0 Å². The van der Waals surface area contributed by atoms with Gasteiger partial charge in [-0.25, -0.2) is 5.43 Å². The number of morpholine rings is 1. The number of carbonyl (C=O) groups is 1.